The number of fused-ring (bicyclic) bond motifs is 1. The number of hydrogen-bond acceptors (Lipinski definition) is 0. The lowest BCUT2D eigenvalue weighted by atomic mass is 9.48. The van der Waals surface area contributed by atoms with E-state index in [9.17, 15) is 0 Å². The second-order valence-electron chi connectivity index (χ2n) is 7.74. The quantitative estimate of drug-likeness (QED) is 0.534. The summed E-state index contributed by atoms with van der Waals surface area (Å²) in [7, 11) is 0. The minimum absolute atomic E-state index is 0.171. The van der Waals surface area contributed by atoms with Gasteiger partial charge in [-0.3, -0.25) is 0 Å². The molecule has 0 radical (unpaired) electrons. The monoisotopic (exact) mass is 320 g/mol. The molecule has 0 spiro atoms. The van der Waals surface area contributed by atoms with Crippen molar-refractivity contribution in [1.29, 1.82) is 0 Å². The van der Waals surface area contributed by atoms with Gasteiger partial charge < -0.3 is 0 Å². The van der Waals surface area contributed by atoms with Gasteiger partial charge in [0.2, 0.25) is 0 Å². The van der Waals surface area contributed by atoms with Gasteiger partial charge in [0.05, 0.1) is 0 Å². The lowest BCUT2D eigenvalue weighted by Crippen LogP contribution is -2.51. The Morgan fingerprint density at radius 3 is 2.11 bits per heavy atom. The van der Waals surface area contributed by atoms with Crippen LogP contribution in [0.4, 0.5) is 0 Å². The molecule has 1 aliphatic rings. The predicted molar refractivity (Wildman–Crippen MR) is 88.4 cm³/mol. The normalized spacial score (nSPS) is 18.3. The Bertz CT molecular complexity index is 495. The van der Waals surface area contributed by atoms with Gasteiger partial charge in [0.15, 0.2) is 0 Å². The van der Waals surface area contributed by atoms with Gasteiger partial charge in [0.25, 0.3) is 0 Å². The standard InChI is InChI=1S/C18H25Br/c1-16(2,3)18(17(4,5)6)11-7-8-13-12-14(19)9-10-15(13)18/h7-10,12H,11H2,1-6H3. The summed E-state index contributed by atoms with van der Waals surface area (Å²) in [6, 6.07) is 6.75. The van der Waals surface area contributed by atoms with E-state index in [-0.39, 0.29) is 16.2 Å². The Morgan fingerprint density at radius 1 is 1.00 bits per heavy atom. The van der Waals surface area contributed by atoms with Crippen molar-refractivity contribution in [2.45, 2.75) is 53.4 Å². The molecule has 0 unspecified atom stereocenters. The van der Waals surface area contributed by atoms with Crippen LogP contribution in [0.2, 0.25) is 0 Å². The highest BCUT2D eigenvalue weighted by atomic mass is 79.9. The summed E-state index contributed by atoms with van der Waals surface area (Å²) in [5, 5.41) is 0. The van der Waals surface area contributed by atoms with Gasteiger partial charge in [-0.25, -0.2) is 0 Å². The van der Waals surface area contributed by atoms with Crippen molar-refractivity contribution in [3.05, 3.63) is 39.9 Å². The van der Waals surface area contributed by atoms with E-state index in [0.29, 0.717) is 0 Å². The van der Waals surface area contributed by atoms with Crippen LogP contribution in [-0.4, -0.2) is 0 Å². The van der Waals surface area contributed by atoms with Crippen molar-refractivity contribution in [1.82, 2.24) is 0 Å². The number of benzene rings is 1. The smallest absolute Gasteiger partial charge is 0.0181 e. The predicted octanol–water partition coefficient (Wildman–Crippen LogP) is 6.20. The summed E-state index contributed by atoms with van der Waals surface area (Å²) in [5.41, 5.74) is 3.48. The Hall–Kier alpha value is -0.560. The summed E-state index contributed by atoms with van der Waals surface area (Å²) in [4.78, 5) is 0. The van der Waals surface area contributed by atoms with E-state index in [1.807, 2.05) is 0 Å². The van der Waals surface area contributed by atoms with Crippen molar-refractivity contribution in [3.63, 3.8) is 0 Å². The highest BCUT2D eigenvalue weighted by Crippen LogP contribution is 2.58. The van der Waals surface area contributed by atoms with Crippen LogP contribution in [0, 0.1) is 10.8 Å². The maximum Gasteiger partial charge on any atom is 0.0181 e. The van der Waals surface area contributed by atoms with E-state index in [4.69, 9.17) is 0 Å². The van der Waals surface area contributed by atoms with Crippen molar-refractivity contribution in [3.8, 4) is 0 Å². The maximum atomic E-state index is 3.59. The molecule has 0 N–H and O–H groups in total. The summed E-state index contributed by atoms with van der Waals surface area (Å²) in [5.74, 6) is 0. The first-order valence-electron chi connectivity index (χ1n) is 7.06. The topological polar surface area (TPSA) is 0 Å². The average Bonchev–Trinajstić information content (AvgIpc) is 2.24. The zero-order valence-electron chi connectivity index (χ0n) is 13.0. The summed E-state index contributed by atoms with van der Waals surface area (Å²) in [6.07, 6.45) is 5.75. The van der Waals surface area contributed by atoms with Gasteiger partial charge in [-0.15, -0.1) is 0 Å². The molecule has 0 bridgehead atoms. The highest BCUT2D eigenvalue weighted by Gasteiger charge is 2.52. The van der Waals surface area contributed by atoms with Crippen LogP contribution in [0.5, 0.6) is 0 Å². The van der Waals surface area contributed by atoms with Gasteiger partial charge in [-0.05, 0) is 40.5 Å². The molecule has 0 atom stereocenters. The largest absolute Gasteiger partial charge is 0.0830 e. The van der Waals surface area contributed by atoms with E-state index in [0.717, 1.165) is 10.9 Å². The molecule has 1 aromatic carbocycles. The summed E-state index contributed by atoms with van der Waals surface area (Å²) in [6.45, 7) is 14.3. The van der Waals surface area contributed by atoms with Gasteiger partial charge >= 0.3 is 0 Å². The highest BCUT2D eigenvalue weighted by molar-refractivity contribution is 9.10. The number of hydrogen-bond donors (Lipinski definition) is 0. The Morgan fingerprint density at radius 2 is 1.58 bits per heavy atom. The summed E-state index contributed by atoms with van der Waals surface area (Å²) < 4.78 is 1.16. The lowest BCUT2D eigenvalue weighted by Gasteiger charge is -2.55. The van der Waals surface area contributed by atoms with Gasteiger partial charge in [0.1, 0.15) is 0 Å². The van der Waals surface area contributed by atoms with E-state index in [1.165, 1.54) is 11.1 Å². The van der Waals surface area contributed by atoms with Crippen LogP contribution in [0.3, 0.4) is 0 Å². The Labute approximate surface area is 126 Å². The molecule has 2 rings (SSSR count). The van der Waals surface area contributed by atoms with Crippen LogP contribution in [0.1, 0.15) is 59.1 Å². The van der Waals surface area contributed by atoms with E-state index in [2.05, 4.69) is 87.8 Å². The van der Waals surface area contributed by atoms with Crippen molar-refractivity contribution in [2.75, 3.05) is 0 Å². The summed E-state index contributed by atoms with van der Waals surface area (Å²) >= 11 is 3.59. The molecule has 0 heterocycles. The number of rotatable bonds is 0. The number of halogens is 1. The Kier molecular flexibility index (Phi) is 3.50. The van der Waals surface area contributed by atoms with Gasteiger partial charge in [-0.2, -0.15) is 0 Å². The van der Waals surface area contributed by atoms with Gasteiger partial charge in [0, 0.05) is 9.89 Å². The molecule has 0 nitrogen and oxygen atoms in total. The molecule has 1 heteroatoms. The van der Waals surface area contributed by atoms with Crippen molar-refractivity contribution in [2.24, 2.45) is 10.8 Å². The second kappa shape index (κ2) is 4.48. The van der Waals surface area contributed by atoms with E-state index < -0.39 is 0 Å². The third kappa shape index (κ3) is 2.20. The molecule has 19 heavy (non-hydrogen) atoms. The molecular formula is C18H25Br. The molecule has 104 valence electrons. The molecule has 0 aromatic heterocycles. The fourth-order valence-electron chi connectivity index (χ4n) is 4.08. The third-order valence-electron chi connectivity index (χ3n) is 4.76. The first-order chi connectivity index (χ1) is 8.59. The second-order valence-corrected chi connectivity index (χ2v) is 8.66. The first-order valence-corrected chi connectivity index (χ1v) is 7.85. The molecule has 0 saturated heterocycles. The molecule has 0 amide bonds. The third-order valence-corrected chi connectivity index (χ3v) is 5.25. The van der Waals surface area contributed by atoms with Crippen LogP contribution in [0.15, 0.2) is 28.7 Å². The van der Waals surface area contributed by atoms with E-state index in [1.54, 1.807) is 0 Å². The maximum absolute atomic E-state index is 3.59. The lowest BCUT2D eigenvalue weighted by molar-refractivity contribution is 0.0522. The fourth-order valence-corrected chi connectivity index (χ4v) is 4.46. The first kappa shape index (κ1) is 14.8. The van der Waals surface area contributed by atoms with E-state index >= 15 is 0 Å². The molecule has 0 saturated carbocycles. The molecule has 0 aliphatic heterocycles. The number of allylic oxidation sites excluding steroid dienone is 1. The van der Waals surface area contributed by atoms with Crippen LogP contribution in [0.25, 0.3) is 6.08 Å². The van der Waals surface area contributed by atoms with Crippen molar-refractivity contribution >= 4 is 22.0 Å². The Balaban J connectivity index is 2.77. The van der Waals surface area contributed by atoms with Crippen LogP contribution >= 0.6 is 15.9 Å². The molecular weight excluding hydrogens is 296 g/mol. The van der Waals surface area contributed by atoms with Crippen molar-refractivity contribution < 1.29 is 0 Å². The van der Waals surface area contributed by atoms with Gasteiger partial charge in [-0.1, -0.05) is 75.7 Å². The zero-order chi connectivity index (χ0) is 14.5. The minimum atomic E-state index is 0.171. The molecule has 1 aromatic rings. The molecule has 0 fully saturated rings. The zero-order valence-corrected chi connectivity index (χ0v) is 14.6. The van der Waals surface area contributed by atoms with Crippen LogP contribution < -0.4 is 0 Å². The SMILES string of the molecule is CC(C)(C)C1(C(C)(C)C)CC=Cc2cc(Br)ccc21. The average molecular weight is 321 g/mol. The minimum Gasteiger partial charge on any atom is -0.0830 e. The van der Waals surface area contributed by atoms with Crippen LogP contribution in [-0.2, 0) is 5.41 Å². The fraction of sp³-hybridized carbons (Fsp3) is 0.556. The molecule has 1 aliphatic carbocycles.